The van der Waals surface area contributed by atoms with Crippen LogP contribution in [0.25, 0.3) is 0 Å². The van der Waals surface area contributed by atoms with Crippen LogP contribution in [0.2, 0.25) is 0 Å². The highest BCUT2D eigenvalue weighted by Gasteiger charge is 1.89. The Kier molecular flexibility index (Phi) is 13.3. The van der Waals surface area contributed by atoms with Gasteiger partial charge in [-0.1, -0.05) is 35.9 Å². The van der Waals surface area contributed by atoms with Crippen LogP contribution in [0, 0.1) is 0 Å². The summed E-state index contributed by atoms with van der Waals surface area (Å²) >= 11 is 2.42. The molecule has 0 atom stereocenters. The van der Waals surface area contributed by atoms with Gasteiger partial charge in [0.2, 0.25) is 0 Å². The molecule has 0 aliphatic carbocycles. The molecule has 0 aliphatic rings. The molecule has 0 radical (unpaired) electrons. The monoisotopic (exact) mass is 299 g/mol. The molecule has 0 bridgehead atoms. The van der Waals surface area contributed by atoms with Gasteiger partial charge in [0.1, 0.15) is 0 Å². The third-order valence-corrected chi connectivity index (χ3v) is 2.57. The van der Waals surface area contributed by atoms with Crippen LogP contribution in [0.3, 0.4) is 0 Å². The second-order valence-corrected chi connectivity index (χ2v) is 4.19. The lowest BCUT2D eigenvalue weighted by molar-refractivity contribution is 0.133. The van der Waals surface area contributed by atoms with Crippen molar-refractivity contribution in [3.05, 3.63) is 0 Å². The maximum absolute atomic E-state index is 5.42. The van der Waals surface area contributed by atoms with Gasteiger partial charge in [0.05, 0.1) is 6.61 Å². The number of hydrogen-bond acceptors (Lipinski definition) is 2. The van der Waals surface area contributed by atoms with Gasteiger partial charge >= 0.3 is 0 Å². The van der Waals surface area contributed by atoms with Gasteiger partial charge in [0.15, 0.2) is 0 Å². The van der Waals surface area contributed by atoms with Gasteiger partial charge in [0.25, 0.3) is 0 Å². The molecular weight excluding hydrogens is 277 g/mol. The van der Waals surface area contributed by atoms with Gasteiger partial charge in [0, 0.05) is 13.2 Å². The second-order valence-electron chi connectivity index (χ2n) is 3.11. The van der Waals surface area contributed by atoms with Crippen molar-refractivity contribution in [2.24, 2.45) is 0 Å². The van der Waals surface area contributed by atoms with Gasteiger partial charge in [-0.2, -0.15) is 0 Å². The van der Waals surface area contributed by atoms with E-state index in [1.54, 1.807) is 0 Å². The third kappa shape index (κ3) is 12.6. The smallest absolute Gasteiger partial charge is 0.0590 e. The maximum atomic E-state index is 5.42. The lowest BCUT2D eigenvalue weighted by Gasteiger charge is -2.04. The Morgan fingerprint density at radius 1 is 1.08 bits per heavy atom. The van der Waals surface area contributed by atoms with Crippen LogP contribution in [0.5, 0.6) is 0 Å². The Hall–Kier alpha value is 0.650. The van der Waals surface area contributed by atoms with Crippen LogP contribution in [0.1, 0.15) is 32.6 Å². The Bertz CT molecular complexity index is 81.0. The number of alkyl halides is 1. The Labute approximate surface area is 95.9 Å². The average Bonchev–Trinajstić information content (AvgIpc) is 2.16. The van der Waals surface area contributed by atoms with E-state index in [1.807, 2.05) is 0 Å². The van der Waals surface area contributed by atoms with Crippen molar-refractivity contribution in [3.63, 3.8) is 0 Å². The fourth-order valence-corrected chi connectivity index (χ4v) is 1.50. The first-order valence-corrected chi connectivity index (χ1v) is 6.78. The Morgan fingerprint density at radius 2 is 1.92 bits per heavy atom. The van der Waals surface area contributed by atoms with Gasteiger partial charge in [-0.3, -0.25) is 0 Å². The van der Waals surface area contributed by atoms with Gasteiger partial charge in [-0.05, 0) is 30.2 Å². The number of nitrogens with one attached hydrogen (secondary N) is 1. The molecule has 0 unspecified atom stereocenters. The first kappa shape index (κ1) is 13.7. The highest BCUT2D eigenvalue weighted by Crippen LogP contribution is 1.92. The van der Waals surface area contributed by atoms with Crippen molar-refractivity contribution in [1.82, 2.24) is 5.32 Å². The molecule has 13 heavy (non-hydrogen) atoms. The minimum absolute atomic E-state index is 0.865. The molecule has 0 rings (SSSR count). The van der Waals surface area contributed by atoms with Crippen LogP contribution in [-0.2, 0) is 4.74 Å². The van der Waals surface area contributed by atoms with Crippen LogP contribution in [-0.4, -0.2) is 30.7 Å². The normalized spacial score (nSPS) is 10.6. The van der Waals surface area contributed by atoms with Crippen molar-refractivity contribution < 1.29 is 4.74 Å². The molecule has 80 valence electrons. The molecule has 0 fully saturated rings. The molecule has 0 saturated heterocycles. The van der Waals surface area contributed by atoms with Crippen molar-refractivity contribution in [1.29, 1.82) is 0 Å². The molecule has 0 heterocycles. The molecule has 2 nitrogen and oxygen atoms in total. The highest BCUT2D eigenvalue weighted by atomic mass is 127. The average molecular weight is 299 g/mol. The molecule has 0 aromatic carbocycles. The van der Waals surface area contributed by atoms with E-state index in [0.717, 1.165) is 26.3 Å². The fraction of sp³-hybridized carbons (Fsp3) is 1.00. The molecule has 0 amide bonds. The second kappa shape index (κ2) is 12.7. The minimum atomic E-state index is 0.865. The summed E-state index contributed by atoms with van der Waals surface area (Å²) in [5, 5.41) is 3.37. The fourth-order valence-electron chi connectivity index (χ4n) is 0.962. The van der Waals surface area contributed by atoms with Gasteiger partial charge < -0.3 is 10.1 Å². The van der Waals surface area contributed by atoms with E-state index in [1.165, 1.54) is 30.1 Å². The molecule has 0 saturated carbocycles. The van der Waals surface area contributed by atoms with E-state index in [4.69, 9.17) is 4.74 Å². The summed E-state index contributed by atoms with van der Waals surface area (Å²) in [6.07, 6.45) is 5.03. The number of hydrogen-bond donors (Lipinski definition) is 1. The molecule has 1 N–H and O–H groups in total. The number of ether oxygens (including phenoxy) is 1. The SMILES string of the molecule is CCCCOCCNCCCCI. The minimum Gasteiger partial charge on any atom is -0.380 e. The van der Waals surface area contributed by atoms with Gasteiger partial charge in [-0.25, -0.2) is 0 Å². The van der Waals surface area contributed by atoms with Crippen molar-refractivity contribution in [2.75, 3.05) is 30.7 Å². The summed E-state index contributed by atoms with van der Waals surface area (Å²) in [5.41, 5.74) is 0. The zero-order chi connectivity index (χ0) is 9.78. The summed E-state index contributed by atoms with van der Waals surface area (Å²) in [7, 11) is 0. The molecule has 0 spiro atoms. The summed E-state index contributed by atoms with van der Waals surface area (Å²) in [6, 6.07) is 0. The molecule has 0 aliphatic heterocycles. The number of halogens is 1. The lowest BCUT2D eigenvalue weighted by Crippen LogP contribution is -2.21. The summed E-state index contributed by atoms with van der Waals surface area (Å²) in [6.45, 7) is 6.12. The predicted molar refractivity (Wildman–Crippen MR) is 66.7 cm³/mol. The van der Waals surface area contributed by atoms with Crippen molar-refractivity contribution in [3.8, 4) is 0 Å². The Balaban J connectivity index is 2.76. The van der Waals surface area contributed by atoms with E-state index in [9.17, 15) is 0 Å². The zero-order valence-corrected chi connectivity index (χ0v) is 10.8. The van der Waals surface area contributed by atoms with Crippen molar-refractivity contribution >= 4 is 22.6 Å². The van der Waals surface area contributed by atoms with Crippen LogP contribution in [0.15, 0.2) is 0 Å². The third-order valence-electron chi connectivity index (χ3n) is 1.80. The molecular formula is C10H22INO. The molecule has 0 aromatic heterocycles. The Morgan fingerprint density at radius 3 is 2.62 bits per heavy atom. The topological polar surface area (TPSA) is 21.3 Å². The quantitative estimate of drug-likeness (QED) is 0.380. The summed E-state index contributed by atoms with van der Waals surface area (Å²) in [4.78, 5) is 0. The van der Waals surface area contributed by atoms with E-state index in [0.29, 0.717) is 0 Å². The first-order chi connectivity index (χ1) is 6.41. The number of rotatable bonds is 10. The largest absolute Gasteiger partial charge is 0.380 e. The van der Waals surface area contributed by atoms with Crippen molar-refractivity contribution in [2.45, 2.75) is 32.6 Å². The van der Waals surface area contributed by atoms with E-state index >= 15 is 0 Å². The summed E-state index contributed by atoms with van der Waals surface area (Å²) < 4.78 is 6.69. The van der Waals surface area contributed by atoms with Crippen LogP contribution in [0.4, 0.5) is 0 Å². The maximum Gasteiger partial charge on any atom is 0.0590 e. The van der Waals surface area contributed by atoms with Crippen LogP contribution >= 0.6 is 22.6 Å². The standard InChI is InChI=1S/C10H22INO/c1-2-3-9-13-10-8-12-7-5-4-6-11/h12H,2-10H2,1H3. The number of unbranched alkanes of at least 4 members (excludes halogenated alkanes) is 2. The lowest BCUT2D eigenvalue weighted by atomic mass is 10.3. The van der Waals surface area contributed by atoms with Gasteiger partial charge in [-0.15, -0.1) is 0 Å². The van der Waals surface area contributed by atoms with Crippen LogP contribution < -0.4 is 5.32 Å². The molecule has 0 aromatic rings. The highest BCUT2D eigenvalue weighted by molar-refractivity contribution is 14.1. The zero-order valence-electron chi connectivity index (χ0n) is 8.65. The summed E-state index contributed by atoms with van der Waals surface area (Å²) in [5.74, 6) is 0. The predicted octanol–water partition coefficient (Wildman–Crippen LogP) is 2.61. The van der Waals surface area contributed by atoms with E-state index < -0.39 is 0 Å². The first-order valence-electron chi connectivity index (χ1n) is 5.26. The molecule has 3 heteroatoms. The van der Waals surface area contributed by atoms with E-state index in [2.05, 4.69) is 34.8 Å². The van der Waals surface area contributed by atoms with E-state index in [-0.39, 0.29) is 0 Å².